The molecule has 3 rings (SSSR count). The van der Waals surface area contributed by atoms with Gasteiger partial charge in [0, 0.05) is 11.8 Å². The molecule has 0 bridgehead atoms. The number of H-pyrrole nitrogens is 1. The number of carboxylic acids is 1. The monoisotopic (exact) mass is 316 g/mol. The summed E-state index contributed by atoms with van der Waals surface area (Å²) < 4.78 is 26.9. The van der Waals surface area contributed by atoms with Crippen LogP contribution in [0.3, 0.4) is 0 Å². The zero-order valence-corrected chi connectivity index (χ0v) is 11.6. The SMILES string of the molecule is O=C(O)c1cc(Cc2n[nH]c(=O)c3ccc(F)cc23)ccc1F. The second-order valence-electron chi connectivity index (χ2n) is 4.99. The fraction of sp³-hybridized carbons (Fsp3) is 0.0625. The average Bonchev–Trinajstić information content (AvgIpc) is 2.51. The summed E-state index contributed by atoms with van der Waals surface area (Å²) in [6.07, 6.45) is 0.122. The van der Waals surface area contributed by atoms with E-state index < -0.39 is 28.7 Å². The number of rotatable bonds is 3. The van der Waals surface area contributed by atoms with Gasteiger partial charge in [0.25, 0.3) is 5.56 Å². The Morgan fingerprint density at radius 2 is 1.91 bits per heavy atom. The number of aromatic nitrogens is 2. The van der Waals surface area contributed by atoms with E-state index in [2.05, 4.69) is 10.2 Å². The highest BCUT2D eigenvalue weighted by atomic mass is 19.1. The molecule has 0 aliphatic carbocycles. The van der Waals surface area contributed by atoms with Crippen LogP contribution in [0.2, 0.25) is 0 Å². The van der Waals surface area contributed by atoms with Gasteiger partial charge in [0.15, 0.2) is 0 Å². The van der Waals surface area contributed by atoms with Crippen molar-refractivity contribution in [1.82, 2.24) is 10.2 Å². The summed E-state index contributed by atoms with van der Waals surface area (Å²) in [4.78, 5) is 22.7. The van der Waals surface area contributed by atoms with E-state index in [1.165, 1.54) is 30.3 Å². The predicted octanol–water partition coefficient (Wildman–Crippen LogP) is 2.49. The van der Waals surface area contributed by atoms with E-state index in [9.17, 15) is 18.4 Å². The van der Waals surface area contributed by atoms with Gasteiger partial charge in [0.2, 0.25) is 0 Å². The number of fused-ring (bicyclic) bond motifs is 1. The van der Waals surface area contributed by atoms with Crippen LogP contribution < -0.4 is 5.56 Å². The van der Waals surface area contributed by atoms with E-state index in [1.54, 1.807) is 0 Å². The molecule has 0 spiro atoms. The first-order valence-corrected chi connectivity index (χ1v) is 6.64. The fourth-order valence-electron chi connectivity index (χ4n) is 2.37. The van der Waals surface area contributed by atoms with Crippen molar-refractivity contribution < 1.29 is 18.7 Å². The number of benzene rings is 2. The molecule has 0 radical (unpaired) electrons. The molecule has 0 atom stereocenters. The molecule has 1 heterocycles. The summed E-state index contributed by atoms with van der Waals surface area (Å²) in [5.41, 5.74) is -0.0625. The van der Waals surface area contributed by atoms with Crippen molar-refractivity contribution in [3.8, 4) is 0 Å². The van der Waals surface area contributed by atoms with Crippen LogP contribution in [-0.4, -0.2) is 21.3 Å². The van der Waals surface area contributed by atoms with Gasteiger partial charge < -0.3 is 5.11 Å². The Morgan fingerprint density at radius 1 is 1.13 bits per heavy atom. The largest absolute Gasteiger partial charge is 0.478 e. The summed E-state index contributed by atoms with van der Waals surface area (Å²) in [6, 6.07) is 7.36. The molecule has 0 fully saturated rings. The number of carbonyl (C=O) groups is 1. The van der Waals surface area contributed by atoms with Crippen molar-refractivity contribution in [3.63, 3.8) is 0 Å². The first-order valence-electron chi connectivity index (χ1n) is 6.64. The summed E-state index contributed by atoms with van der Waals surface area (Å²) in [5.74, 6) is -2.74. The predicted molar refractivity (Wildman–Crippen MR) is 78.5 cm³/mol. The van der Waals surface area contributed by atoms with Gasteiger partial charge in [-0.25, -0.2) is 18.7 Å². The maximum absolute atomic E-state index is 13.4. The third-order valence-corrected chi connectivity index (χ3v) is 3.46. The lowest BCUT2D eigenvalue weighted by atomic mass is 10.0. The Kier molecular flexibility index (Phi) is 3.61. The van der Waals surface area contributed by atoms with Crippen LogP contribution in [0.4, 0.5) is 8.78 Å². The molecule has 0 saturated heterocycles. The molecule has 7 heteroatoms. The van der Waals surface area contributed by atoms with Crippen LogP contribution in [-0.2, 0) is 6.42 Å². The summed E-state index contributed by atoms with van der Waals surface area (Å²) in [6.45, 7) is 0. The average molecular weight is 316 g/mol. The van der Waals surface area contributed by atoms with Gasteiger partial charge in [-0.05, 0) is 35.9 Å². The Hall–Kier alpha value is -3.09. The molecule has 23 heavy (non-hydrogen) atoms. The second-order valence-corrected chi connectivity index (χ2v) is 4.99. The lowest BCUT2D eigenvalue weighted by Gasteiger charge is -2.07. The van der Waals surface area contributed by atoms with Crippen LogP contribution in [0, 0.1) is 11.6 Å². The minimum absolute atomic E-state index is 0.122. The highest BCUT2D eigenvalue weighted by Crippen LogP contribution is 2.19. The lowest BCUT2D eigenvalue weighted by Crippen LogP contribution is -2.12. The Balaban J connectivity index is 2.10. The van der Waals surface area contributed by atoms with E-state index in [0.29, 0.717) is 16.6 Å². The van der Waals surface area contributed by atoms with Gasteiger partial charge in [-0.15, -0.1) is 0 Å². The first kappa shape index (κ1) is 14.8. The molecule has 2 N–H and O–H groups in total. The van der Waals surface area contributed by atoms with Gasteiger partial charge in [0.1, 0.15) is 11.6 Å². The molecule has 1 aromatic heterocycles. The lowest BCUT2D eigenvalue weighted by molar-refractivity contribution is 0.0691. The summed E-state index contributed by atoms with van der Waals surface area (Å²) in [7, 11) is 0. The molecule has 5 nitrogen and oxygen atoms in total. The maximum Gasteiger partial charge on any atom is 0.338 e. The third-order valence-electron chi connectivity index (χ3n) is 3.46. The molecule has 0 aliphatic rings. The van der Waals surface area contributed by atoms with Crippen molar-refractivity contribution in [3.05, 3.63) is 75.2 Å². The zero-order valence-electron chi connectivity index (χ0n) is 11.6. The van der Waals surface area contributed by atoms with E-state index in [4.69, 9.17) is 5.11 Å². The zero-order chi connectivity index (χ0) is 16.6. The topological polar surface area (TPSA) is 83.0 Å². The standard InChI is InChI=1S/C16H10F2N2O3/c17-9-2-3-10-11(7-9)14(19-20-15(10)21)6-8-1-4-13(18)12(5-8)16(22)23/h1-5,7H,6H2,(H,20,21)(H,22,23). The number of aromatic amines is 1. The van der Waals surface area contributed by atoms with Crippen LogP contribution in [0.25, 0.3) is 10.8 Å². The maximum atomic E-state index is 13.4. The van der Waals surface area contributed by atoms with Gasteiger partial charge >= 0.3 is 5.97 Å². The van der Waals surface area contributed by atoms with E-state index in [1.807, 2.05) is 0 Å². The second kappa shape index (κ2) is 5.60. The van der Waals surface area contributed by atoms with Crippen molar-refractivity contribution >= 4 is 16.7 Å². The summed E-state index contributed by atoms with van der Waals surface area (Å²) in [5, 5.41) is 15.8. The van der Waals surface area contributed by atoms with E-state index in [-0.39, 0.29) is 11.8 Å². The Bertz CT molecular complexity index is 983. The molecule has 0 amide bonds. The molecular formula is C16H10F2N2O3. The highest BCUT2D eigenvalue weighted by Gasteiger charge is 2.13. The summed E-state index contributed by atoms with van der Waals surface area (Å²) >= 11 is 0. The van der Waals surface area contributed by atoms with Crippen molar-refractivity contribution in [2.75, 3.05) is 0 Å². The Labute approximate surface area is 128 Å². The van der Waals surface area contributed by atoms with Crippen LogP contribution in [0.5, 0.6) is 0 Å². The van der Waals surface area contributed by atoms with Gasteiger partial charge in [-0.3, -0.25) is 4.79 Å². The number of halogens is 2. The molecule has 0 aliphatic heterocycles. The van der Waals surface area contributed by atoms with Gasteiger partial charge in [0.05, 0.1) is 16.6 Å². The normalized spacial score (nSPS) is 10.9. The van der Waals surface area contributed by atoms with Crippen molar-refractivity contribution in [2.24, 2.45) is 0 Å². The Morgan fingerprint density at radius 3 is 2.65 bits per heavy atom. The number of nitrogens with zero attached hydrogens (tertiary/aromatic N) is 1. The molecule has 0 unspecified atom stereocenters. The molecular weight excluding hydrogens is 306 g/mol. The number of aromatic carboxylic acids is 1. The minimum atomic E-state index is -1.38. The smallest absolute Gasteiger partial charge is 0.338 e. The van der Waals surface area contributed by atoms with Gasteiger partial charge in [-0.2, -0.15) is 5.10 Å². The van der Waals surface area contributed by atoms with Crippen LogP contribution in [0.15, 0.2) is 41.2 Å². The van der Waals surface area contributed by atoms with E-state index >= 15 is 0 Å². The molecule has 3 aromatic rings. The fourth-order valence-corrected chi connectivity index (χ4v) is 2.37. The third kappa shape index (κ3) is 2.80. The van der Waals surface area contributed by atoms with E-state index in [0.717, 1.165) is 6.07 Å². The number of carboxylic acid groups (broad SMARTS) is 1. The number of hydrogen-bond donors (Lipinski definition) is 2. The quantitative estimate of drug-likeness (QED) is 0.777. The highest BCUT2D eigenvalue weighted by molar-refractivity contribution is 5.88. The van der Waals surface area contributed by atoms with Gasteiger partial charge in [-0.1, -0.05) is 6.07 Å². The minimum Gasteiger partial charge on any atom is -0.478 e. The molecule has 2 aromatic carbocycles. The van der Waals surface area contributed by atoms with Crippen molar-refractivity contribution in [1.29, 1.82) is 0 Å². The van der Waals surface area contributed by atoms with Crippen molar-refractivity contribution in [2.45, 2.75) is 6.42 Å². The molecule has 0 saturated carbocycles. The molecule has 116 valence electrons. The number of hydrogen-bond acceptors (Lipinski definition) is 3. The van der Waals surface area contributed by atoms with Crippen LogP contribution in [0.1, 0.15) is 21.6 Å². The number of nitrogens with one attached hydrogen (secondary N) is 1. The van der Waals surface area contributed by atoms with Crippen LogP contribution >= 0.6 is 0 Å². The first-order chi connectivity index (χ1) is 11.0.